The average Bonchev–Trinajstić information content (AvgIpc) is 2.37. The van der Waals surface area contributed by atoms with Crippen molar-refractivity contribution in [2.24, 2.45) is 0 Å². The van der Waals surface area contributed by atoms with Crippen LogP contribution in [0.5, 0.6) is 5.75 Å². The van der Waals surface area contributed by atoms with Crippen LogP contribution in [0.2, 0.25) is 5.02 Å². The van der Waals surface area contributed by atoms with Crippen molar-refractivity contribution in [3.05, 3.63) is 29.3 Å². The maximum Gasteiger partial charge on any atom is 0.328 e. The minimum Gasteiger partial charge on any atom is -0.480 e. The molecule has 0 spiro atoms. The van der Waals surface area contributed by atoms with Crippen LogP contribution in [0.25, 0.3) is 0 Å². The summed E-state index contributed by atoms with van der Waals surface area (Å²) < 4.78 is 5.50. The highest BCUT2D eigenvalue weighted by molar-refractivity contribution is 6.30. The molecular formula is C13H16ClNO5. The van der Waals surface area contributed by atoms with Crippen molar-refractivity contribution in [1.29, 1.82) is 0 Å². The number of amides is 1. The highest BCUT2D eigenvalue weighted by Crippen LogP contribution is 2.21. The van der Waals surface area contributed by atoms with Gasteiger partial charge in [0.2, 0.25) is 0 Å². The number of carbonyl (C=O) groups excluding carboxylic acids is 1. The second-order valence-corrected chi connectivity index (χ2v) is 5.05. The Morgan fingerprint density at radius 2 is 1.90 bits per heavy atom. The Balaban J connectivity index is 2.74. The third-order valence-corrected chi connectivity index (χ3v) is 2.77. The van der Waals surface area contributed by atoms with Crippen LogP contribution in [-0.4, -0.2) is 40.3 Å². The molecule has 1 amide bonds. The number of hydrogen-bond donors (Lipinski definition) is 3. The van der Waals surface area contributed by atoms with E-state index in [0.29, 0.717) is 10.8 Å². The highest BCUT2D eigenvalue weighted by Gasteiger charge is 2.33. The molecule has 0 fully saturated rings. The van der Waals surface area contributed by atoms with Gasteiger partial charge in [-0.1, -0.05) is 11.6 Å². The third-order valence-electron chi connectivity index (χ3n) is 2.52. The lowest BCUT2D eigenvalue weighted by Crippen LogP contribution is -2.53. The molecule has 0 saturated heterocycles. The van der Waals surface area contributed by atoms with Gasteiger partial charge in [-0.25, -0.2) is 4.79 Å². The summed E-state index contributed by atoms with van der Waals surface area (Å²) in [6.45, 7) is 2.29. The number of hydrogen-bond acceptors (Lipinski definition) is 4. The minimum absolute atomic E-state index is 0.422. The molecule has 0 radical (unpaired) electrons. The van der Waals surface area contributed by atoms with Gasteiger partial charge >= 0.3 is 5.97 Å². The van der Waals surface area contributed by atoms with Crippen molar-refractivity contribution in [2.75, 3.05) is 6.61 Å². The van der Waals surface area contributed by atoms with E-state index in [-0.39, 0.29) is 0 Å². The molecular weight excluding hydrogens is 286 g/mol. The molecule has 20 heavy (non-hydrogen) atoms. The Morgan fingerprint density at radius 3 is 2.35 bits per heavy atom. The summed E-state index contributed by atoms with van der Waals surface area (Å²) in [6.07, 6.45) is 0. The molecule has 0 aliphatic heterocycles. The third kappa shape index (κ3) is 4.40. The molecule has 7 heteroatoms. The van der Waals surface area contributed by atoms with E-state index in [1.807, 2.05) is 0 Å². The lowest BCUT2D eigenvalue weighted by Gasteiger charge is -2.26. The largest absolute Gasteiger partial charge is 0.480 e. The molecule has 1 aromatic rings. The number of aliphatic hydroxyl groups is 1. The topological polar surface area (TPSA) is 95.9 Å². The first-order valence-electron chi connectivity index (χ1n) is 5.85. The molecule has 1 rings (SSSR count). The molecule has 0 aliphatic carbocycles. The molecule has 3 N–H and O–H groups in total. The zero-order valence-corrected chi connectivity index (χ0v) is 11.8. The van der Waals surface area contributed by atoms with Gasteiger partial charge in [0.1, 0.15) is 11.8 Å². The fraction of sp³-hybridized carbons (Fsp3) is 0.385. The van der Waals surface area contributed by atoms with Crippen LogP contribution in [0.1, 0.15) is 13.8 Å². The maximum absolute atomic E-state index is 12.0. The summed E-state index contributed by atoms with van der Waals surface area (Å²) in [7, 11) is 0. The van der Waals surface area contributed by atoms with Gasteiger partial charge in [-0.2, -0.15) is 0 Å². The number of carbonyl (C=O) groups is 2. The van der Waals surface area contributed by atoms with E-state index in [2.05, 4.69) is 5.32 Å². The molecule has 0 heterocycles. The lowest BCUT2D eigenvalue weighted by molar-refractivity contribution is -0.146. The summed E-state index contributed by atoms with van der Waals surface area (Å²) in [5.41, 5.74) is -1.29. The van der Waals surface area contributed by atoms with Crippen LogP contribution in [0, 0.1) is 0 Å². The zero-order chi connectivity index (χ0) is 15.3. The lowest BCUT2D eigenvalue weighted by atomic mass is 10.1. The van der Waals surface area contributed by atoms with E-state index in [1.165, 1.54) is 13.8 Å². The second-order valence-electron chi connectivity index (χ2n) is 4.61. The first-order valence-corrected chi connectivity index (χ1v) is 6.23. The number of carboxylic acids is 1. The predicted octanol–water partition coefficient (Wildman–Crippen LogP) is 1.06. The van der Waals surface area contributed by atoms with E-state index < -0.39 is 30.1 Å². The van der Waals surface area contributed by atoms with E-state index in [1.54, 1.807) is 24.3 Å². The maximum atomic E-state index is 12.0. The molecule has 1 unspecified atom stereocenters. The molecule has 0 aliphatic rings. The number of ether oxygens (including phenoxy) is 1. The van der Waals surface area contributed by atoms with Crippen LogP contribution >= 0.6 is 11.6 Å². The number of halogens is 1. The predicted molar refractivity (Wildman–Crippen MR) is 72.8 cm³/mol. The SMILES string of the molecule is CC(C)(Oc1ccc(Cl)cc1)C(=O)NC(CO)C(=O)O. The van der Waals surface area contributed by atoms with Crippen LogP contribution < -0.4 is 10.1 Å². The van der Waals surface area contributed by atoms with Crippen molar-refractivity contribution in [3.63, 3.8) is 0 Å². The quantitative estimate of drug-likeness (QED) is 0.730. The minimum atomic E-state index is -1.37. The molecule has 6 nitrogen and oxygen atoms in total. The average molecular weight is 302 g/mol. The second kappa shape index (κ2) is 6.58. The van der Waals surface area contributed by atoms with Gasteiger partial charge in [0.15, 0.2) is 5.60 Å². The molecule has 110 valence electrons. The number of carboxylic acid groups (broad SMARTS) is 1. The van der Waals surface area contributed by atoms with E-state index >= 15 is 0 Å². The Bertz CT molecular complexity index is 486. The summed E-state index contributed by atoms with van der Waals surface area (Å²) in [5.74, 6) is -1.54. The Hall–Kier alpha value is -1.79. The highest BCUT2D eigenvalue weighted by atomic mass is 35.5. The number of rotatable bonds is 6. The fourth-order valence-corrected chi connectivity index (χ4v) is 1.49. The summed E-state index contributed by atoms with van der Waals surface area (Å²) in [5, 5.41) is 20.4. The first-order chi connectivity index (χ1) is 9.26. The van der Waals surface area contributed by atoms with Crippen molar-refractivity contribution < 1.29 is 24.5 Å². The van der Waals surface area contributed by atoms with Crippen LogP contribution in [0.15, 0.2) is 24.3 Å². The number of aliphatic hydroxyl groups excluding tert-OH is 1. The van der Waals surface area contributed by atoms with Gasteiger partial charge in [-0.15, -0.1) is 0 Å². The fourth-order valence-electron chi connectivity index (χ4n) is 1.36. The Morgan fingerprint density at radius 1 is 1.35 bits per heavy atom. The van der Waals surface area contributed by atoms with Gasteiger partial charge in [0.05, 0.1) is 6.61 Å². The molecule has 0 aromatic heterocycles. The normalized spacial score (nSPS) is 12.6. The molecule has 0 saturated carbocycles. The van der Waals surface area contributed by atoms with Gasteiger partial charge in [0, 0.05) is 5.02 Å². The number of benzene rings is 1. The van der Waals surface area contributed by atoms with E-state index in [9.17, 15) is 9.59 Å². The van der Waals surface area contributed by atoms with Gasteiger partial charge in [0.25, 0.3) is 5.91 Å². The summed E-state index contributed by atoms with van der Waals surface area (Å²) >= 11 is 5.74. The van der Waals surface area contributed by atoms with Crippen LogP contribution in [0.4, 0.5) is 0 Å². The Kier molecular flexibility index (Phi) is 5.35. The molecule has 0 bridgehead atoms. The van der Waals surface area contributed by atoms with Crippen molar-refractivity contribution >= 4 is 23.5 Å². The van der Waals surface area contributed by atoms with Gasteiger partial charge < -0.3 is 20.3 Å². The molecule has 1 atom stereocenters. The van der Waals surface area contributed by atoms with Crippen molar-refractivity contribution in [2.45, 2.75) is 25.5 Å². The van der Waals surface area contributed by atoms with Crippen molar-refractivity contribution in [3.8, 4) is 5.75 Å². The smallest absolute Gasteiger partial charge is 0.328 e. The number of aliphatic carboxylic acids is 1. The summed E-state index contributed by atoms with van der Waals surface area (Å²) in [6, 6.07) is 5.04. The summed E-state index contributed by atoms with van der Waals surface area (Å²) in [4.78, 5) is 22.7. The van der Waals surface area contributed by atoms with Gasteiger partial charge in [-0.3, -0.25) is 4.79 Å². The Labute approximate surface area is 121 Å². The molecule has 1 aromatic carbocycles. The van der Waals surface area contributed by atoms with E-state index in [4.69, 9.17) is 26.6 Å². The number of nitrogens with one attached hydrogen (secondary N) is 1. The standard InChI is InChI=1S/C13H16ClNO5/c1-13(2,12(19)15-10(7-16)11(17)18)20-9-5-3-8(14)4-6-9/h3-6,10,16H,7H2,1-2H3,(H,15,19)(H,17,18). The zero-order valence-electron chi connectivity index (χ0n) is 11.1. The monoisotopic (exact) mass is 301 g/mol. The van der Waals surface area contributed by atoms with Crippen molar-refractivity contribution in [1.82, 2.24) is 5.32 Å². The van der Waals surface area contributed by atoms with Crippen LogP contribution in [0.3, 0.4) is 0 Å². The first kappa shape index (κ1) is 16.3. The van der Waals surface area contributed by atoms with Gasteiger partial charge in [-0.05, 0) is 38.1 Å². The van der Waals surface area contributed by atoms with Crippen LogP contribution in [-0.2, 0) is 9.59 Å². The van der Waals surface area contributed by atoms with E-state index in [0.717, 1.165) is 0 Å².